The van der Waals surface area contributed by atoms with Gasteiger partial charge in [-0.05, 0) is 42.5 Å². The zero-order valence-electron chi connectivity index (χ0n) is 18.1. The molecule has 0 unspecified atom stereocenters. The van der Waals surface area contributed by atoms with E-state index in [-0.39, 0.29) is 5.91 Å². The molecular weight excluding hydrogens is 404 g/mol. The first kappa shape index (κ1) is 20.9. The molecule has 4 rings (SSSR count). The summed E-state index contributed by atoms with van der Waals surface area (Å²) in [6.07, 6.45) is 3.36. The Morgan fingerprint density at radius 3 is 2.47 bits per heavy atom. The first-order chi connectivity index (χ1) is 15.3. The first-order valence-electron chi connectivity index (χ1n) is 10.1. The summed E-state index contributed by atoms with van der Waals surface area (Å²) in [5.41, 5.74) is 10.1. The van der Waals surface area contributed by atoms with Gasteiger partial charge in [-0.25, -0.2) is 4.98 Å². The molecule has 2 aromatic heterocycles. The molecule has 0 radical (unpaired) electrons. The summed E-state index contributed by atoms with van der Waals surface area (Å²) in [5, 5.41) is 4.27. The molecule has 0 bridgehead atoms. The molecule has 2 amide bonds. The van der Waals surface area contributed by atoms with Gasteiger partial charge in [0.05, 0.1) is 16.9 Å². The van der Waals surface area contributed by atoms with Crippen molar-refractivity contribution < 1.29 is 9.59 Å². The second-order valence-corrected chi connectivity index (χ2v) is 7.48. The number of nitrogens with two attached hydrogens (primary N) is 1. The Hall–Kier alpha value is -4.33. The molecule has 162 valence electrons. The highest BCUT2D eigenvalue weighted by Gasteiger charge is 2.17. The number of pyridine rings is 1. The summed E-state index contributed by atoms with van der Waals surface area (Å²) in [4.78, 5) is 34.7. The second-order valence-electron chi connectivity index (χ2n) is 7.48. The van der Waals surface area contributed by atoms with Gasteiger partial charge < -0.3 is 25.8 Å². The standard InChI is InChI=1S/C24H24N6O2/c1-15(31)29(2)17-9-7-16(8-10-17)28-23-13-22(19(14-27-23)24(25)32)30(3)21-6-4-5-20-18(21)11-12-26-20/h4-14,26H,1-3H3,(H2,25,32)(H,27,28). The van der Waals surface area contributed by atoms with Crippen LogP contribution in [0.2, 0.25) is 0 Å². The van der Waals surface area contributed by atoms with E-state index < -0.39 is 5.91 Å². The number of hydrogen-bond donors (Lipinski definition) is 3. The molecule has 0 fully saturated rings. The van der Waals surface area contributed by atoms with Crippen molar-refractivity contribution in [1.82, 2.24) is 9.97 Å². The molecule has 4 N–H and O–H groups in total. The third kappa shape index (κ3) is 3.98. The molecule has 2 aromatic carbocycles. The Morgan fingerprint density at radius 1 is 1.03 bits per heavy atom. The lowest BCUT2D eigenvalue weighted by Crippen LogP contribution is -2.22. The molecule has 0 spiro atoms. The minimum atomic E-state index is -0.552. The highest BCUT2D eigenvalue weighted by molar-refractivity contribution is 6.02. The Balaban J connectivity index is 1.67. The van der Waals surface area contributed by atoms with E-state index in [9.17, 15) is 9.59 Å². The number of carbonyl (C=O) groups excluding carboxylic acids is 2. The van der Waals surface area contributed by atoms with Crippen LogP contribution in [0.25, 0.3) is 10.9 Å². The number of fused-ring (bicyclic) bond motifs is 1. The van der Waals surface area contributed by atoms with Crippen molar-refractivity contribution in [2.45, 2.75) is 6.92 Å². The molecule has 0 saturated heterocycles. The molecule has 0 saturated carbocycles. The number of anilines is 5. The van der Waals surface area contributed by atoms with Gasteiger partial charge in [-0.1, -0.05) is 6.07 Å². The summed E-state index contributed by atoms with van der Waals surface area (Å²) >= 11 is 0. The van der Waals surface area contributed by atoms with Crippen molar-refractivity contribution in [2.24, 2.45) is 5.73 Å². The van der Waals surface area contributed by atoms with E-state index in [1.807, 2.05) is 66.7 Å². The van der Waals surface area contributed by atoms with Gasteiger partial charge in [0.1, 0.15) is 5.82 Å². The van der Waals surface area contributed by atoms with Crippen LogP contribution < -0.4 is 20.9 Å². The highest BCUT2D eigenvalue weighted by Crippen LogP contribution is 2.34. The van der Waals surface area contributed by atoms with Crippen molar-refractivity contribution in [3.8, 4) is 0 Å². The van der Waals surface area contributed by atoms with Gasteiger partial charge in [-0.2, -0.15) is 0 Å². The molecule has 4 aromatic rings. The van der Waals surface area contributed by atoms with Crippen LogP contribution in [0.1, 0.15) is 17.3 Å². The third-order valence-corrected chi connectivity index (χ3v) is 5.44. The zero-order valence-corrected chi connectivity index (χ0v) is 18.1. The van der Waals surface area contributed by atoms with Gasteiger partial charge in [0, 0.05) is 61.8 Å². The highest BCUT2D eigenvalue weighted by atomic mass is 16.2. The zero-order chi connectivity index (χ0) is 22.8. The van der Waals surface area contributed by atoms with Gasteiger partial charge in [0.15, 0.2) is 0 Å². The number of amides is 2. The van der Waals surface area contributed by atoms with Gasteiger partial charge in [-0.3, -0.25) is 9.59 Å². The Bertz CT molecular complexity index is 1300. The van der Waals surface area contributed by atoms with Crippen molar-refractivity contribution in [3.05, 3.63) is 72.6 Å². The van der Waals surface area contributed by atoms with Crippen LogP contribution in [0.4, 0.5) is 28.6 Å². The maximum Gasteiger partial charge on any atom is 0.252 e. The van der Waals surface area contributed by atoms with E-state index in [1.165, 1.54) is 13.1 Å². The number of aromatic nitrogens is 2. The molecule has 0 atom stereocenters. The minimum Gasteiger partial charge on any atom is -0.365 e. The van der Waals surface area contributed by atoms with Gasteiger partial charge in [0.25, 0.3) is 5.91 Å². The molecule has 0 aliphatic heterocycles. The molecular formula is C24H24N6O2. The van der Waals surface area contributed by atoms with Crippen molar-refractivity contribution >= 4 is 51.3 Å². The number of benzene rings is 2. The lowest BCUT2D eigenvalue weighted by Gasteiger charge is -2.23. The second kappa shape index (κ2) is 8.43. The van der Waals surface area contributed by atoms with Crippen LogP contribution in [0.15, 0.2) is 67.0 Å². The number of carbonyl (C=O) groups is 2. The van der Waals surface area contributed by atoms with E-state index in [4.69, 9.17) is 5.73 Å². The van der Waals surface area contributed by atoms with Crippen molar-refractivity contribution in [2.75, 3.05) is 29.2 Å². The number of hydrogen-bond acceptors (Lipinski definition) is 5. The van der Waals surface area contributed by atoms with Gasteiger partial charge in [-0.15, -0.1) is 0 Å². The number of nitrogens with zero attached hydrogens (tertiary/aromatic N) is 3. The fourth-order valence-electron chi connectivity index (χ4n) is 3.57. The van der Waals surface area contributed by atoms with Gasteiger partial charge >= 0.3 is 0 Å². The fraction of sp³-hybridized carbons (Fsp3) is 0.125. The SMILES string of the molecule is CC(=O)N(C)c1ccc(Nc2cc(N(C)c3cccc4[nH]ccc34)c(C(N)=O)cn2)cc1. The topological polar surface area (TPSA) is 107 Å². The van der Waals surface area contributed by atoms with Crippen LogP contribution >= 0.6 is 0 Å². The van der Waals surface area contributed by atoms with E-state index in [1.54, 1.807) is 18.0 Å². The predicted octanol–water partition coefficient (Wildman–Crippen LogP) is 4.16. The molecule has 0 aliphatic rings. The van der Waals surface area contributed by atoms with E-state index in [0.717, 1.165) is 28.0 Å². The van der Waals surface area contributed by atoms with E-state index >= 15 is 0 Å². The summed E-state index contributed by atoms with van der Waals surface area (Å²) in [6, 6.07) is 17.1. The number of primary amides is 1. The average molecular weight is 428 g/mol. The molecule has 2 heterocycles. The van der Waals surface area contributed by atoms with Crippen molar-refractivity contribution in [3.63, 3.8) is 0 Å². The number of H-pyrrole nitrogens is 1. The van der Waals surface area contributed by atoms with E-state index in [2.05, 4.69) is 15.3 Å². The molecule has 8 nitrogen and oxygen atoms in total. The van der Waals surface area contributed by atoms with Gasteiger partial charge in [0.2, 0.25) is 5.91 Å². The number of aromatic amines is 1. The van der Waals surface area contributed by atoms with E-state index in [0.29, 0.717) is 17.1 Å². The lowest BCUT2D eigenvalue weighted by molar-refractivity contribution is -0.116. The third-order valence-electron chi connectivity index (χ3n) is 5.44. The summed E-state index contributed by atoms with van der Waals surface area (Å²) < 4.78 is 0. The fourth-order valence-corrected chi connectivity index (χ4v) is 3.57. The monoisotopic (exact) mass is 428 g/mol. The van der Waals surface area contributed by atoms with Crippen LogP contribution in [-0.2, 0) is 4.79 Å². The maximum absolute atomic E-state index is 12.1. The quantitative estimate of drug-likeness (QED) is 0.428. The summed E-state index contributed by atoms with van der Waals surface area (Å²) in [5.74, 6) is -0.0333. The van der Waals surface area contributed by atoms with Crippen molar-refractivity contribution in [1.29, 1.82) is 0 Å². The van der Waals surface area contributed by atoms with Crippen LogP contribution in [0.3, 0.4) is 0 Å². The Labute approximate surface area is 185 Å². The minimum absolute atomic E-state index is 0.0421. The van der Waals surface area contributed by atoms with Crippen LogP contribution in [0, 0.1) is 0 Å². The lowest BCUT2D eigenvalue weighted by atomic mass is 10.1. The smallest absolute Gasteiger partial charge is 0.252 e. The predicted molar refractivity (Wildman–Crippen MR) is 128 cm³/mol. The average Bonchev–Trinajstić information content (AvgIpc) is 3.27. The molecule has 8 heteroatoms. The molecule has 32 heavy (non-hydrogen) atoms. The maximum atomic E-state index is 12.1. The molecule has 0 aliphatic carbocycles. The Kier molecular flexibility index (Phi) is 5.51. The number of nitrogens with one attached hydrogen (secondary N) is 2. The number of rotatable bonds is 6. The van der Waals surface area contributed by atoms with Crippen LogP contribution in [0.5, 0.6) is 0 Å². The summed E-state index contributed by atoms with van der Waals surface area (Å²) in [7, 11) is 3.61. The normalized spacial score (nSPS) is 10.7. The largest absolute Gasteiger partial charge is 0.365 e. The Morgan fingerprint density at radius 2 is 1.78 bits per heavy atom. The summed E-state index contributed by atoms with van der Waals surface area (Å²) in [6.45, 7) is 1.52. The van der Waals surface area contributed by atoms with Crippen LogP contribution in [-0.4, -0.2) is 35.9 Å². The first-order valence-corrected chi connectivity index (χ1v) is 10.1.